The highest BCUT2D eigenvalue weighted by atomic mass is 19.1. The number of halogens is 2. The van der Waals surface area contributed by atoms with Gasteiger partial charge in [0.25, 0.3) is 5.56 Å². The summed E-state index contributed by atoms with van der Waals surface area (Å²) in [4.78, 5) is 11.6. The number of hydrogen-bond donors (Lipinski definition) is 1. The summed E-state index contributed by atoms with van der Waals surface area (Å²) in [6.45, 7) is 0.0819. The van der Waals surface area contributed by atoms with Crippen LogP contribution in [0.25, 0.3) is 0 Å². The summed E-state index contributed by atoms with van der Waals surface area (Å²) in [6, 6.07) is 6.22. The van der Waals surface area contributed by atoms with Gasteiger partial charge >= 0.3 is 0 Å². The van der Waals surface area contributed by atoms with E-state index in [-0.39, 0.29) is 17.8 Å². The molecule has 0 unspecified atom stereocenters. The summed E-state index contributed by atoms with van der Waals surface area (Å²) in [5.41, 5.74) is 5.55. The molecule has 0 aliphatic rings. The minimum absolute atomic E-state index is 0.0819. The summed E-state index contributed by atoms with van der Waals surface area (Å²) < 4.78 is 27.2. The van der Waals surface area contributed by atoms with E-state index in [0.29, 0.717) is 5.56 Å². The summed E-state index contributed by atoms with van der Waals surface area (Å²) in [5, 5.41) is 0. The second kappa shape index (κ2) is 4.37. The Bertz CT molecular complexity index is 587. The first-order valence-corrected chi connectivity index (χ1v) is 4.96. The molecule has 0 aliphatic heterocycles. The topological polar surface area (TPSA) is 48.0 Å². The normalized spacial score (nSPS) is 10.5. The maximum absolute atomic E-state index is 13.0. The predicted molar refractivity (Wildman–Crippen MR) is 60.6 cm³/mol. The van der Waals surface area contributed by atoms with Crippen molar-refractivity contribution in [3.05, 3.63) is 64.1 Å². The quantitative estimate of drug-likeness (QED) is 0.863. The number of pyridine rings is 1. The molecular formula is C12H10F2N2O. The molecule has 0 spiro atoms. The molecule has 3 nitrogen and oxygen atoms in total. The Morgan fingerprint density at radius 3 is 2.47 bits per heavy atom. The van der Waals surface area contributed by atoms with E-state index in [9.17, 15) is 13.6 Å². The van der Waals surface area contributed by atoms with Gasteiger partial charge in [-0.3, -0.25) is 4.79 Å². The fourth-order valence-corrected chi connectivity index (χ4v) is 1.58. The highest BCUT2D eigenvalue weighted by Crippen LogP contribution is 2.09. The first kappa shape index (κ1) is 11.3. The molecule has 0 fully saturated rings. The largest absolute Gasteiger partial charge is 0.394 e. The van der Waals surface area contributed by atoms with Crippen LogP contribution >= 0.6 is 0 Å². The standard InChI is InChI=1S/C12H10F2N2O/c13-9-4-8(5-10(14)6-9)7-16-3-1-2-11(15)12(16)17/h1-6H,7,15H2. The second-order valence-corrected chi connectivity index (χ2v) is 3.67. The van der Waals surface area contributed by atoms with Crippen LogP contribution in [0.5, 0.6) is 0 Å². The molecule has 0 radical (unpaired) electrons. The Morgan fingerprint density at radius 1 is 1.18 bits per heavy atom. The van der Waals surface area contributed by atoms with Gasteiger partial charge in [0.05, 0.1) is 12.2 Å². The third-order valence-corrected chi connectivity index (χ3v) is 2.32. The smallest absolute Gasteiger partial charge is 0.273 e. The molecule has 1 aromatic heterocycles. The van der Waals surface area contributed by atoms with Crippen LogP contribution in [-0.4, -0.2) is 4.57 Å². The third kappa shape index (κ3) is 2.50. The van der Waals surface area contributed by atoms with Crippen molar-refractivity contribution in [1.29, 1.82) is 0 Å². The maximum atomic E-state index is 13.0. The van der Waals surface area contributed by atoms with Gasteiger partial charge in [0, 0.05) is 12.3 Å². The molecule has 0 bridgehead atoms. The van der Waals surface area contributed by atoms with Crippen LogP contribution in [-0.2, 0) is 6.54 Å². The number of nitrogens with zero attached hydrogens (tertiary/aromatic N) is 1. The van der Waals surface area contributed by atoms with E-state index >= 15 is 0 Å². The number of anilines is 1. The molecule has 2 rings (SSSR count). The zero-order valence-electron chi connectivity index (χ0n) is 8.86. The first-order chi connectivity index (χ1) is 8.06. The molecule has 0 aliphatic carbocycles. The van der Waals surface area contributed by atoms with Gasteiger partial charge < -0.3 is 10.3 Å². The number of rotatable bonds is 2. The van der Waals surface area contributed by atoms with Gasteiger partial charge in [-0.05, 0) is 29.8 Å². The van der Waals surface area contributed by atoms with Crippen LogP contribution in [0.2, 0.25) is 0 Å². The van der Waals surface area contributed by atoms with E-state index in [4.69, 9.17) is 5.73 Å². The van der Waals surface area contributed by atoms with Crippen molar-refractivity contribution in [1.82, 2.24) is 4.57 Å². The average molecular weight is 236 g/mol. The summed E-state index contributed by atoms with van der Waals surface area (Å²) in [6.07, 6.45) is 1.52. The maximum Gasteiger partial charge on any atom is 0.273 e. The van der Waals surface area contributed by atoms with Crippen molar-refractivity contribution in [2.45, 2.75) is 6.54 Å². The van der Waals surface area contributed by atoms with Crippen molar-refractivity contribution in [3.63, 3.8) is 0 Å². The summed E-state index contributed by atoms with van der Waals surface area (Å²) >= 11 is 0. The van der Waals surface area contributed by atoms with Crippen LogP contribution in [0.15, 0.2) is 41.3 Å². The fourth-order valence-electron chi connectivity index (χ4n) is 1.58. The molecule has 0 atom stereocenters. The fraction of sp³-hybridized carbons (Fsp3) is 0.0833. The Hall–Kier alpha value is -2.17. The lowest BCUT2D eigenvalue weighted by Gasteiger charge is -2.06. The molecule has 1 heterocycles. The van der Waals surface area contributed by atoms with E-state index in [1.54, 1.807) is 6.07 Å². The van der Waals surface area contributed by atoms with Crippen molar-refractivity contribution >= 4 is 5.69 Å². The van der Waals surface area contributed by atoms with Gasteiger partial charge in [-0.1, -0.05) is 0 Å². The van der Waals surface area contributed by atoms with Crippen molar-refractivity contribution in [2.24, 2.45) is 0 Å². The minimum atomic E-state index is -0.669. The van der Waals surface area contributed by atoms with Gasteiger partial charge in [-0.25, -0.2) is 8.78 Å². The number of benzene rings is 1. The predicted octanol–water partition coefficient (Wildman–Crippen LogP) is 1.76. The van der Waals surface area contributed by atoms with E-state index in [1.165, 1.54) is 29.0 Å². The lowest BCUT2D eigenvalue weighted by Crippen LogP contribution is -2.22. The molecule has 2 aromatic rings. The lowest BCUT2D eigenvalue weighted by molar-refractivity contribution is 0.577. The molecule has 0 saturated carbocycles. The highest BCUT2D eigenvalue weighted by molar-refractivity contribution is 5.34. The van der Waals surface area contributed by atoms with E-state index in [0.717, 1.165) is 6.07 Å². The molecule has 1 aromatic carbocycles. The monoisotopic (exact) mass is 236 g/mol. The van der Waals surface area contributed by atoms with Crippen LogP contribution in [0.1, 0.15) is 5.56 Å². The molecule has 0 saturated heterocycles. The van der Waals surface area contributed by atoms with Crippen LogP contribution < -0.4 is 11.3 Å². The van der Waals surface area contributed by atoms with E-state index in [1.807, 2.05) is 0 Å². The first-order valence-electron chi connectivity index (χ1n) is 4.96. The van der Waals surface area contributed by atoms with Gasteiger partial charge in [0.2, 0.25) is 0 Å². The Balaban J connectivity index is 2.38. The van der Waals surface area contributed by atoms with Crippen LogP contribution in [0.3, 0.4) is 0 Å². The van der Waals surface area contributed by atoms with E-state index < -0.39 is 11.6 Å². The number of nitrogen functional groups attached to an aromatic ring is 1. The zero-order chi connectivity index (χ0) is 12.4. The zero-order valence-corrected chi connectivity index (χ0v) is 8.86. The molecule has 5 heteroatoms. The highest BCUT2D eigenvalue weighted by Gasteiger charge is 2.04. The molecule has 88 valence electrons. The van der Waals surface area contributed by atoms with Crippen molar-refractivity contribution in [2.75, 3.05) is 5.73 Å². The minimum Gasteiger partial charge on any atom is -0.394 e. The summed E-state index contributed by atoms with van der Waals surface area (Å²) in [7, 11) is 0. The van der Waals surface area contributed by atoms with E-state index in [2.05, 4.69) is 0 Å². The number of nitrogens with two attached hydrogens (primary N) is 1. The Kier molecular flexibility index (Phi) is 2.91. The van der Waals surface area contributed by atoms with Gasteiger partial charge in [0.15, 0.2) is 0 Å². The van der Waals surface area contributed by atoms with Crippen molar-refractivity contribution < 1.29 is 8.78 Å². The number of hydrogen-bond acceptors (Lipinski definition) is 2. The molecule has 17 heavy (non-hydrogen) atoms. The summed E-state index contributed by atoms with van der Waals surface area (Å²) in [5.74, 6) is -1.34. The van der Waals surface area contributed by atoms with Crippen LogP contribution in [0.4, 0.5) is 14.5 Å². The lowest BCUT2D eigenvalue weighted by atomic mass is 10.2. The SMILES string of the molecule is Nc1cccn(Cc2cc(F)cc(F)c2)c1=O. The van der Waals surface area contributed by atoms with Crippen molar-refractivity contribution in [3.8, 4) is 0 Å². The van der Waals surface area contributed by atoms with Gasteiger partial charge in [-0.2, -0.15) is 0 Å². The van der Waals surface area contributed by atoms with Gasteiger partial charge in [0.1, 0.15) is 11.6 Å². The Morgan fingerprint density at radius 2 is 1.82 bits per heavy atom. The van der Waals surface area contributed by atoms with Gasteiger partial charge in [-0.15, -0.1) is 0 Å². The number of aromatic nitrogens is 1. The molecular weight excluding hydrogens is 226 g/mol. The molecule has 2 N–H and O–H groups in total. The molecule has 0 amide bonds. The third-order valence-electron chi connectivity index (χ3n) is 2.32. The van der Waals surface area contributed by atoms with Crippen LogP contribution in [0, 0.1) is 11.6 Å². The second-order valence-electron chi connectivity index (χ2n) is 3.67. The average Bonchev–Trinajstić information content (AvgIpc) is 2.23. The Labute approximate surface area is 96.1 Å².